The first-order valence-electron chi connectivity index (χ1n) is 4.76. The van der Waals surface area contributed by atoms with Crippen molar-refractivity contribution < 1.29 is 9.13 Å². The topological polar surface area (TPSA) is 21.3 Å². The minimum Gasteiger partial charge on any atom is -0.380 e. The smallest absolute Gasteiger partial charge is 0.140 e. The van der Waals surface area contributed by atoms with E-state index in [1.807, 2.05) is 0 Å². The van der Waals surface area contributed by atoms with Crippen LogP contribution in [0.4, 0.5) is 4.39 Å². The number of hydrogen-bond acceptors (Lipinski definition) is 2. The van der Waals surface area contributed by atoms with Gasteiger partial charge in [-0.2, -0.15) is 0 Å². The number of halogens is 1. The molecule has 0 aromatic carbocycles. The van der Waals surface area contributed by atoms with Crippen molar-refractivity contribution in [2.75, 3.05) is 26.6 Å². The second kappa shape index (κ2) is 10.8. The molecule has 0 rings (SSSR count). The zero-order chi connectivity index (χ0) is 9.07. The van der Waals surface area contributed by atoms with Gasteiger partial charge in [0.15, 0.2) is 0 Å². The maximum absolute atomic E-state index is 11.5. The third-order valence-electron chi connectivity index (χ3n) is 1.66. The molecule has 0 unspecified atom stereocenters. The zero-order valence-corrected chi connectivity index (χ0v) is 7.94. The summed E-state index contributed by atoms with van der Waals surface area (Å²) in [5.74, 6) is 0. The summed E-state index contributed by atoms with van der Waals surface area (Å²) in [5, 5.41) is 2.56. The number of rotatable bonds is 9. The summed E-state index contributed by atoms with van der Waals surface area (Å²) in [6, 6.07) is 0. The zero-order valence-electron chi connectivity index (χ0n) is 7.94. The highest BCUT2D eigenvalue weighted by Crippen LogP contribution is 1.98. The van der Waals surface area contributed by atoms with Crippen LogP contribution >= 0.6 is 0 Å². The first-order chi connectivity index (χ1) is 5.91. The van der Waals surface area contributed by atoms with Gasteiger partial charge in [0.25, 0.3) is 0 Å². The van der Waals surface area contributed by atoms with Gasteiger partial charge in [0.2, 0.25) is 0 Å². The normalized spacial score (nSPS) is 10.5. The van der Waals surface area contributed by atoms with Gasteiger partial charge in [0, 0.05) is 13.2 Å². The van der Waals surface area contributed by atoms with E-state index >= 15 is 0 Å². The van der Waals surface area contributed by atoms with Crippen LogP contribution in [0.5, 0.6) is 0 Å². The average Bonchev–Trinajstić information content (AvgIpc) is 2.10. The van der Waals surface area contributed by atoms with Crippen molar-refractivity contribution in [3.63, 3.8) is 0 Å². The molecule has 3 heteroatoms. The summed E-state index contributed by atoms with van der Waals surface area (Å²) in [5.41, 5.74) is 0. The Morgan fingerprint density at radius 1 is 1.17 bits per heavy atom. The van der Waals surface area contributed by atoms with E-state index in [0.717, 1.165) is 13.0 Å². The van der Waals surface area contributed by atoms with Gasteiger partial charge in [-0.05, 0) is 6.42 Å². The van der Waals surface area contributed by atoms with Crippen LogP contribution in [0, 0.1) is 0 Å². The van der Waals surface area contributed by atoms with Gasteiger partial charge in [0.1, 0.15) is 6.80 Å². The Bertz CT molecular complexity index is 70.9. The second-order valence-corrected chi connectivity index (χ2v) is 2.81. The third-order valence-corrected chi connectivity index (χ3v) is 1.66. The average molecular weight is 177 g/mol. The molecule has 0 amide bonds. The van der Waals surface area contributed by atoms with Gasteiger partial charge in [-0.15, -0.1) is 0 Å². The van der Waals surface area contributed by atoms with E-state index in [0.29, 0.717) is 13.2 Å². The Morgan fingerprint density at radius 2 is 2.00 bits per heavy atom. The summed E-state index contributed by atoms with van der Waals surface area (Å²) in [6.07, 6.45) is 4.91. The van der Waals surface area contributed by atoms with Crippen LogP contribution in [0.3, 0.4) is 0 Å². The molecule has 0 fully saturated rings. The highest BCUT2D eigenvalue weighted by Gasteiger charge is 1.89. The monoisotopic (exact) mass is 177 g/mol. The first-order valence-corrected chi connectivity index (χ1v) is 4.76. The van der Waals surface area contributed by atoms with Gasteiger partial charge in [-0.25, -0.2) is 4.39 Å². The van der Waals surface area contributed by atoms with Crippen LogP contribution in [0.25, 0.3) is 0 Å². The van der Waals surface area contributed by atoms with Gasteiger partial charge >= 0.3 is 0 Å². The Labute approximate surface area is 74.5 Å². The van der Waals surface area contributed by atoms with E-state index in [1.165, 1.54) is 19.3 Å². The molecule has 12 heavy (non-hydrogen) atoms. The van der Waals surface area contributed by atoms with Crippen molar-refractivity contribution in [1.82, 2.24) is 5.32 Å². The fourth-order valence-corrected chi connectivity index (χ4v) is 0.944. The summed E-state index contributed by atoms with van der Waals surface area (Å²) in [4.78, 5) is 0. The number of hydrogen-bond donors (Lipinski definition) is 1. The molecule has 0 saturated carbocycles. The van der Waals surface area contributed by atoms with Gasteiger partial charge in [-0.3, -0.25) is 5.32 Å². The lowest BCUT2D eigenvalue weighted by Crippen LogP contribution is -2.18. The molecule has 0 aliphatic rings. The molecule has 0 aliphatic heterocycles. The maximum atomic E-state index is 11.5. The predicted octanol–water partition coefficient (Wildman–Crippen LogP) is 2.10. The molecule has 0 radical (unpaired) electrons. The van der Waals surface area contributed by atoms with E-state index in [4.69, 9.17) is 4.74 Å². The third kappa shape index (κ3) is 9.85. The summed E-state index contributed by atoms with van der Waals surface area (Å²) in [7, 11) is 0. The lowest BCUT2D eigenvalue weighted by atomic mass is 10.2. The van der Waals surface area contributed by atoms with Crippen molar-refractivity contribution in [1.29, 1.82) is 0 Å². The fraction of sp³-hybridized carbons (Fsp3) is 1.00. The largest absolute Gasteiger partial charge is 0.380 e. The van der Waals surface area contributed by atoms with Crippen molar-refractivity contribution in [3.8, 4) is 0 Å². The molecule has 0 aliphatic carbocycles. The van der Waals surface area contributed by atoms with Gasteiger partial charge in [-0.1, -0.05) is 26.2 Å². The Kier molecular flexibility index (Phi) is 10.7. The van der Waals surface area contributed by atoms with Crippen LogP contribution in [-0.2, 0) is 4.74 Å². The SMILES string of the molecule is CCCCCCOCCNCF. The van der Waals surface area contributed by atoms with E-state index in [-0.39, 0.29) is 0 Å². The number of unbranched alkanes of at least 4 members (excludes halogenated alkanes) is 3. The Morgan fingerprint density at radius 3 is 2.67 bits per heavy atom. The Hall–Kier alpha value is -0.150. The molecule has 0 heterocycles. The van der Waals surface area contributed by atoms with Crippen LogP contribution in [0.2, 0.25) is 0 Å². The maximum Gasteiger partial charge on any atom is 0.140 e. The minimum atomic E-state index is -0.459. The standard InChI is InChI=1S/C9H20FNO/c1-2-3-4-5-7-12-8-6-11-9-10/h11H,2-9H2,1H3. The molecule has 74 valence electrons. The fourth-order valence-electron chi connectivity index (χ4n) is 0.944. The van der Waals surface area contributed by atoms with E-state index in [1.54, 1.807) is 0 Å². The van der Waals surface area contributed by atoms with Crippen molar-refractivity contribution in [2.24, 2.45) is 0 Å². The highest BCUT2D eigenvalue weighted by molar-refractivity contribution is 4.41. The summed E-state index contributed by atoms with van der Waals surface area (Å²) < 4.78 is 16.8. The van der Waals surface area contributed by atoms with Crippen LogP contribution in [0.1, 0.15) is 32.6 Å². The lowest BCUT2D eigenvalue weighted by Gasteiger charge is -2.03. The van der Waals surface area contributed by atoms with Gasteiger partial charge in [0.05, 0.1) is 6.61 Å². The number of nitrogens with one attached hydrogen (secondary N) is 1. The number of ether oxygens (including phenoxy) is 1. The molecule has 0 atom stereocenters. The molecule has 0 saturated heterocycles. The quantitative estimate of drug-likeness (QED) is 0.430. The number of alkyl halides is 1. The minimum absolute atomic E-state index is 0.459. The van der Waals surface area contributed by atoms with Crippen molar-refractivity contribution >= 4 is 0 Å². The molecule has 0 aromatic heterocycles. The molecular weight excluding hydrogens is 157 g/mol. The molecule has 0 aromatic rings. The van der Waals surface area contributed by atoms with Crippen molar-refractivity contribution in [2.45, 2.75) is 32.6 Å². The van der Waals surface area contributed by atoms with Crippen LogP contribution < -0.4 is 5.32 Å². The van der Waals surface area contributed by atoms with E-state index in [9.17, 15) is 4.39 Å². The molecule has 1 N–H and O–H groups in total. The Balaban J connectivity index is 2.73. The first kappa shape index (κ1) is 11.8. The summed E-state index contributed by atoms with van der Waals surface area (Å²) in [6.45, 7) is 3.78. The molecule has 0 spiro atoms. The van der Waals surface area contributed by atoms with E-state index < -0.39 is 6.80 Å². The lowest BCUT2D eigenvalue weighted by molar-refractivity contribution is 0.129. The highest BCUT2D eigenvalue weighted by atomic mass is 19.1. The van der Waals surface area contributed by atoms with Crippen molar-refractivity contribution in [3.05, 3.63) is 0 Å². The second-order valence-electron chi connectivity index (χ2n) is 2.81. The van der Waals surface area contributed by atoms with Gasteiger partial charge < -0.3 is 4.74 Å². The van der Waals surface area contributed by atoms with Crippen LogP contribution in [0.15, 0.2) is 0 Å². The summed E-state index contributed by atoms with van der Waals surface area (Å²) >= 11 is 0. The predicted molar refractivity (Wildman–Crippen MR) is 48.9 cm³/mol. The molecule has 0 bridgehead atoms. The molecule has 2 nitrogen and oxygen atoms in total. The van der Waals surface area contributed by atoms with Crippen LogP contribution in [-0.4, -0.2) is 26.6 Å². The molecular formula is C9H20FNO. The van der Waals surface area contributed by atoms with E-state index in [2.05, 4.69) is 12.2 Å².